The summed E-state index contributed by atoms with van der Waals surface area (Å²) in [5.41, 5.74) is 1.18. The first kappa shape index (κ1) is 12.4. The van der Waals surface area contributed by atoms with Gasteiger partial charge in [0.15, 0.2) is 0 Å². The van der Waals surface area contributed by atoms with Crippen LogP contribution in [0.1, 0.15) is 18.9 Å². The van der Waals surface area contributed by atoms with Crippen LogP contribution < -0.4 is 0 Å². The molecule has 0 aromatic heterocycles. The molecule has 0 aliphatic heterocycles. The Labute approximate surface area is 104 Å². The van der Waals surface area contributed by atoms with Crippen LogP contribution >= 0.6 is 39.1 Å². The van der Waals surface area contributed by atoms with E-state index in [2.05, 4.69) is 22.9 Å². The summed E-state index contributed by atoms with van der Waals surface area (Å²) in [6.45, 7) is 2.19. The summed E-state index contributed by atoms with van der Waals surface area (Å²) in [6, 6.07) is 5.71. The van der Waals surface area contributed by atoms with E-state index in [-0.39, 0.29) is 0 Å². The Hall–Kier alpha value is 0.280. The van der Waals surface area contributed by atoms with Crippen LogP contribution in [0.15, 0.2) is 18.2 Å². The van der Waals surface area contributed by atoms with Gasteiger partial charge in [-0.1, -0.05) is 58.5 Å². The molecule has 0 bridgehead atoms. The first-order chi connectivity index (χ1) is 6.67. The van der Waals surface area contributed by atoms with Crippen LogP contribution in [0, 0.1) is 5.92 Å². The second-order valence-electron chi connectivity index (χ2n) is 3.37. The van der Waals surface area contributed by atoms with Crippen molar-refractivity contribution in [2.45, 2.75) is 19.8 Å². The van der Waals surface area contributed by atoms with Crippen LogP contribution in [0.3, 0.4) is 0 Å². The molecule has 78 valence electrons. The lowest BCUT2D eigenvalue weighted by Crippen LogP contribution is -2.04. The molecular formula is C11H13BrCl2. The Morgan fingerprint density at radius 1 is 1.36 bits per heavy atom. The molecule has 0 amide bonds. The van der Waals surface area contributed by atoms with Crippen LogP contribution in [-0.4, -0.2) is 5.33 Å². The maximum atomic E-state index is 6.09. The fraction of sp³-hybridized carbons (Fsp3) is 0.455. The van der Waals surface area contributed by atoms with Crippen LogP contribution in [-0.2, 0) is 6.42 Å². The summed E-state index contributed by atoms with van der Waals surface area (Å²) in [5.74, 6) is 0.647. The molecule has 0 spiro atoms. The van der Waals surface area contributed by atoms with Crippen molar-refractivity contribution in [1.29, 1.82) is 0 Å². The molecule has 0 aliphatic carbocycles. The Morgan fingerprint density at radius 2 is 2.07 bits per heavy atom. The minimum absolute atomic E-state index is 0.647. The molecule has 1 atom stereocenters. The van der Waals surface area contributed by atoms with Crippen molar-refractivity contribution >= 4 is 39.1 Å². The van der Waals surface area contributed by atoms with E-state index in [0.29, 0.717) is 10.9 Å². The van der Waals surface area contributed by atoms with Crippen LogP contribution in [0.5, 0.6) is 0 Å². The average molecular weight is 296 g/mol. The SMILES string of the molecule is CCC(CBr)Cc1ccc(Cl)cc1Cl. The van der Waals surface area contributed by atoms with Gasteiger partial charge in [-0.3, -0.25) is 0 Å². The lowest BCUT2D eigenvalue weighted by molar-refractivity contribution is 0.574. The summed E-state index contributed by atoms with van der Waals surface area (Å²) in [5, 5.41) is 2.49. The van der Waals surface area contributed by atoms with Gasteiger partial charge in [-0.05, 0) is 30.0 Å². The topological polar surface area (TPSA) is 0 Å². The van der Waals surface area contributed by atoms with Crippen LogP contribution in [0.4, 0.5) is 0 Å². The molecule has 0 heterocycles. The zero-order valence-electron chi connectivity index (χ0n) is 8.06. The number of alkyl halides is 1. The van der Waals surface area contributed by atoms with Crippen molar-refractivity contribution in [2.75, 3.05) is 5.33 Å². The van der Waals surface area contributed by atoms with E-state index in [1.807, 2.05) is 12.1 Å². The highest BCUT2D eigenvalue weighted by molar-refractivity contribution is 9.09. The normalized spacial score (nSPS) is 12.9. The standard InChI is InChI=1S/C11H13BrCl2/c1-2-8(7-12)5-9-3-4-10(13)6-11(9)14/h3-4,6,8H,2,5,7H2,1H3. The van der Waals surface area contributed by atoms with E-state index in [0.717, 1.165) is 23.2 Å². The van der Waals surface area contributed by atoms with E-state index in [9.17, 15) is 0 Å². The summed E-state index contributed by atoms with van der Waals surface area (Å²) < 4.78 is 0. The van der Waals surface area contributed by atoms with Gasteiger partial charge < -0.3 is 0 Å². The average Bonchev–Trinajstić information content (AvgIpc) is 2.17. The van der Waals surface area contributed by atoms with Gasteiger partial charge in [0.25, 0.3) is 0 Å². The zero-order chi connectivity index (χ0) is 10.6. The van der Waals surface area contributed by atoms with E-state index < -0.39 is 0 Å². The Kier molecular flexibility index (Phi) is 5.29. The number of halogens is 3. The fourth-order valence-electron chi connectivity index (χ4n) is 1.31. The van der Waals surface area contributed by atoms with E-state index >= 15 is 0 Å². The molecule has 1 rings (SSSR count). The Morgan fingerprint density at radius 3 is 2.57 bits per heavy atom. The largest absolute Gasteiger partial charge is 0.0925 e. The molecule has 0 nitrogen and oxygen atoms in total. The molecule has 1 aromatic rings. The molecule has 0 aliphatic rings. The first-order valence-electron chi connectivity index (χ1n) is 4.67. The van der Waals surface area contributed by atoms with Crippen LogP contribution in [0.2, 0.25) is 10.0 Å². The lowest BCUT2D eigenvalue weighted by Gasteiger charge is -2.12. The summed E-state index contributed by atoms with van der Waals surface area (Å²) in [7, 11) is 0. The molecular weight excluding hydrogens is 283 g/mol. The number of hydrogen-bond donors (Lipinski definition) is 0. The van der Waals surface area contributed by atoms with Gasteiger partial charge in [-0.25, -0.2) is 0 Å². The van der Waals surface area contributed by atoms with Crippen molar-refractivity contribution in [3.8, 4) is 0 Å². The van der Waals surface area contributed by atoms with Gasteiger partial charge in [0.2, 0.25) is 0 Å². The molecule has 3 heteroatoms. The molecule has 0 saturated carbocycles. The third-order valence-electron chi connectivity index (χ3n) is 2.32. The smallest absolute Gasteiger partial charge is 0.0452 e. The molecule has 14 heavy (non-hydrogen) atoms. The highest BCUT2D eigenvalue weighted by Gasteiger charge is 2.08. The summed E-state index contributed by atoms with van der Waals surface area (Å²) in [4.78, 5) is 0. The van der Waals surface area contributed by atoms with Crippen LogP contribution in [0.25, 0.3) is 0 Å². The predicted octanol–water partition coefficient (Wildman–Crippen LogP) is 4.96. The van der Waals surface area contributed by atoms with E-state index in [4.69, 9.17) is 23.2 Å². The maximum Gasteiger partial charge on any atom is 0.0452 e. The van der Waals surface area contributed by atoms with Gasteiger partial charge in [0, 0.05) is 15.4 Å². The minimum atomic E-state index is 0.647. The lowest BCUT2D eigenvalue weighted by atomic mass is 9.99. The van der Waals surface area contributed by atoms with E-state index in [1.165, 1.54) is 5.56 Å². The number of hydrogen-bond acceptors (Lipinski definition) is 0. The van der Waals surface area contributed by atoms with Gasteiger partial charge in [0.1, 0.15) is 0 Å². The summed E-state index contributed by atoms with van der Waals surface area (Å²) in [6.07, 6.45) is 2.17. The molecule has 0 saturated heterocycles. The van der Waals surface area contributed by atoms with Crippen molar-refractivity contribution in [1.82, 2.24) is 0 Å². The van der Waals surface area contributed by atoms with Crippen molar-refractivity contribution in [3.05, 3.63) is 33.8 Å². The van der Waals surface area contributed by atoms with Gasteiger partial charge in [-0.15, -0.1) is 0 Å². The second kappa shape index (κ2) is 5.99. The van der Waals surface area contributed by atoms with Crippen molar-refractivity contribution < 1.29 is 0 Å². The van der Waals surface area contributed by atoms with Gasteiger partial charge in [-0.2, -0.15) is 0 Å². The molecule has 1 unspecified atom stereocenters. The molecule has 0 fully saturated rings. The highest BCUT2D eigenvalue weighted by Crippen LogP contribution is 2.24. The minimum Gasteiger partial charge on any atom is -0.0925 e. The Balaban J connectivity index is 2.76. The highest BCUT2D eigenvalue weighted by atomic mass is 79.9. The predicted molar refractivity (Wildman–Crippen MR) is 67.7 cm³/mol. The van der Waals surface area contributed by atoms with E-state index in [1.54, 1.807) is 6.07 Å². The maximum absolute atomic E-state index is 6.09. The van der Waals surface area contributed by atoms with Gasteiger partial charge >= 0.3 is 0 Å². The van der Waals surface area contributed by atoms with Crippen molar-refractivity contribution in [2.24, 2.45) is 5.92 Å². The second-order valence-corrected chi connectivity index (χ2v) is 4.86. The van der Waals surface area contributed by atoms with Gasteiger partial charge in [0.05, 0.1) is 0 Å². The quantitative estimate of drug-likeness (QED) is 0.689. The third kappa shape index (κ3) is 3.45. The molecule has 1 aromatic carbocycles. The Bertz CT molecular complexity index is 295. The number of rotatable bonds is 4. The monoisotopic (exact) mass is 294 g/mol. The fourth-order valence-corrected chi connectivity index (χ4v) is 2.48. The summed E-state index contributed by atoms with van der Waals surface area (Å²) >= 11 is 15.4. The third-order valence-corrected chi connectivity index (χ3v) is 3.82. The van der Waals surface area contributed by atoms with Crippen molar-refractivity contribution in [3.63, 3.8) is 0 Å². The number of benzene rings is 1. The zero-order valence-corrected chi connectivity index (χ0v) is 11.2. The molecule has 0 N–H and O–H groups in total. The first-order valence-corrected chi connectivity index (χ1v) is 6.55. The molecule has 0 radical (unpaired) electrons.